The maximum atomic E-state index is 12.5. The maximum Gasteiger partial charge on any atom is 0.269 e. The van der Waals surface area contributed by atoms with E-state index in [1.165, 1.54) is 12.0 Å². The van der Waals surface area contributed by atoms with E-state index in [2.05, 4.69) is 22.2 Å². The topological polar surface area (TPSA) is 90.5 Å². The average Bonchev–Trinajstić information content (AvgIpc) is 2.83. The van der Waals surface area contributed by atoms with Gasteiger partial charge in [0.2, 0.25) is 5.91 Å². The minimum Gasteiger partial charge on any atom is -0.362 e. The second kappa shape index (κ2) is 10.3. The highest BCUT2D eigenvalue weighted by molar-refractivity contribution is 5.98. The molecule has 168 valence electrons. The molecule has 0 saturated heterocycles. The number of nitrogens with one attached hydrogen (secondary N) is 3. The van der Waals surface area contributed by atoms with Gasteiger partial charge in [-0.25, -0.2) is 0 Å². The van der Waals surface area contributed by atoms with Crippen LogP contribution in [0.3, 0.4) is 0 Å². The molecular formula is C25H30N4O3. The number of benzene rings is 2. The van der Waals surface area contributed by atoms with Gasteiger partial charge >= 0.3 is 0 Å². The summed E-state index contributed by atoms with van der Waals surface area (Å²) in [4.78, 5) is 39.4. The molecule has 0 spiro atoms. The first-order chi connectivity index (χ1) is 15.6. The van der Waals surface area contributed by atoms with E-state index in [0.717, 1.165) is 50.8 Å². The van der Waals surface area contributed by atoms with Crippen LogP contribution >= 0.6 is 0 Å². The largest absolute Gasteiger partial charge is 0.362 e. The van der Waals surface area contributed by atoms with E-state index in [4.69, 9.17) is 0 Å². The van der Waals surface area contributed by atoms with Crippen molar-refractivity contribution in [3.63, 3.8) is 0 Å². The molecule has 0 radical (unpaired) electrons. The van der Waals surface area contributed by atoms with Crippen molar-refractivity contribution in [2.75, 3.05) is 23.3 Å². The molecule has 4 rings (SSSR count). The van der Waals surface area contributed by atoms with Crippen LogP contribution in [0.4, 0.5) is 11.4 Å². The summed E-state index contributed by atoms with van der Waals surface area (Å²) in [6.07, 6.45) is 7.20. The number of para-hydroxylation sites is 1. The van der Waals surface area contributed by atoms with Crippen molar-refractivity contribution in [2.24, 2.45) is 5.92 Å². The van der Waals surface area contributed by atoms with Crippen LogP contribution in [0, 0.1) is 5.92 Å². The van der Waals surface area contributed by atoms with Crippen LogP contribution < -0.4 is 21.1 Å². The zero-order chi connectivity index (χ0) is 22.3. The number of nitrogens with zero attached hydrogens (tertiary/aromatic N) is 1. The third kappa shape index (κ3) is 5.46. The van der Waals surface area contributed by atoms with Crippen LogP contribution in [0.1, 0.15) is 54.4 Å². The zero-order valence-electron chi connectivity index (χ0n) is 18.2. The first kappa shape index (κ1) is 21.9. The molecule has 1 aliphatic carbocycles. The molecule has 0 unspecified atom stereocenters. The monoisotopic (exact) mass is 434 g/mol. The Morgan fingerprint density at radius 3 is 2.56 bits per heavy atom. The van der Waals surface area contributed by atoms with Gasteiger partial charge in [-0.05, 0) is 55.5 Å². The van der Waals surface area contributed by atoms with E-state index in [0.29, 0.717) is 11.3 Å². The molecule has 0 aromatic heterocycles. The quantitative estimate of drug-likeness (QED) is 0.629. The van der Waals surface area contributed by atoms with Crippen LogP contribution in [0.15, 0.2) is 48.5 Å². The van der Waals surface area contributed by atoms with Crippen molar-refractivity contribution >= 4 is 29.1 Å². The van der Waals surface area contributed by atoms with E-state index in [1.54, 1.807) is 24.3 Å². The Balaban J connectivity index is 1.29. The Morgan fingerprint density at radius 1 is 0.906 bits per heavy atom. The summed E-state index contributed by atoms with van der Waals surface area (Å²) >= 11 is 0. The summed E-state index contributed by atoms with van der Waals surface area (Å²) in [5.41, 5.74) is 8.25. The van der Waals surface area contributed by atoms with Gasteiger partial charge in [-0.2, -0.15) is 0 Å². The third-order valence-corrected chi connectivity index (χ3v) is 6.22. The molecule has 2 aromatic carbocycles. The van der Waals surface area contributed by atoms with E-state index in [9.17, 15) is 14.4 Å². The average molecular weight is 435 g/mol. The van der Waals surface area contributed by atoms with Gasteiger partial charge in [0.25, 0.3) is 11.8 Å². The number of hydrogen-bond acceptors (Lipinski definition) is 4. The summed E-state index contributed by atoms with van der Waals surface area (Å²) in [7, 11) is 0. The van der Waals surface area contributed by atoms with Gasteiger partial charge in [0, 0.05) is 29.4 Å². The molecule has 1 heterocycles. The minimum absolute atomic E-state index is 0.0115. The van der Waals surface area contributed by atoms with Crippen LogP contribution in [0.5, 0.6) is 0 Å². The number of hydrazine groups is 1. The number of carbonyl (C=O) groups excluding carboxylic acids is 3. The predicted octanol–water partition coefficient (Wildman–Crippen LogP) is 3.42. The molecule has 1 fully saturated rings. The number of amides is 3. The van der Waals surface area contributed by atoms with Crippen LogP contribution in [-0.2, 0) is 16.0 Å². The second-order valence-electron chi connectivity index (χ2n) is 8.56. The molecule has 2 aliphatic rings. The van der Waals surface area contributed by atoms with Crippen molar-refractivity contribution in [1.82, 2.24) is 10.9 Å². The molecule has 3 amide bonds. The fourth-order valence-electron chi connectivity index (χ4n) is 4.53. The van der Waals surface area contributed by atoms with Crippen molar-refractivity contribution in [3.05, 3.63) is 59.7 Å². The first-order valence-corrected chi connectivity index (χ1v) is 11.4. The van der Waals surface area contributed by atoms with Gasteiger partial charge in [-0.3, -0.25) is 25.2 Å². The van der Waals surface area contributed by atoms with Crippen molar-refractivity contribution in [2.45, 2.75) is 44.9 Å². The highest BCUT2D eigenvalue weighted by Crippen LogP contribution is 2.26. The summed E-state index contributed by atoms with van der Waals surface area (Å²) in [6, 6.07) is 14.9. The number of anilines is 2. The molecule has 2 aromatic rings. The fourth-order valence-corrected chi connectivity index (χ4v) is 4.53. The number of carbonyl (C=O) groups is 3. The van der Waals surface area contributed by atoms with Crippen LogP contribution in [0.25, 0.3) is 0 Å². The Hall–Kier alpha value is -3.35. The summed E-state index contributed by atoms with van der Waals surface area (Å²) < 4.78 is 0. The molecule has 7 nitrogen and oxygen atoms in total. The lowest BCUT2D eigenvalue weighted by atomic mass is 9.88. The van der Waals surface area contributed by atoms with Gasteiger partial charge in [0.15, 0.2) is 0 Å². The number of fused-ring (bicyclic) bond motifs is 1. The van der Waals surface area contributed by atoms with Gasteiger partial charge in [-0.15, -0.1) is 0 Å². The lowest BCUT2D eigenvalue weighted by molar-refractivity contribution is -0.121. The van der Waals surface area contributed by atoms with Gasteiger partial charge in [-0.1, -0.05) is 43.5 Å². The van der Waals surface area contributed by atoms with E-state index in [-0.39, 0.29) is 24.3 Å². The molecule has 3 N–H and O–H groups in total. The summed E-state index contributed by atoms with van der Waals surface area (Å²) in [6.45, 7) is 0.982. The smallest absolute Gasteiger partial charge is 0.269 e. The molecule has 1 saturated carbocycles. The normalized spacial score (nSPS) is 16.1. The summed E-state index contributed by atoms with van der Waals surface area (Å²) in [5, 5.41) is 2.92. The zero-order valence-corrected chi connectivity index (χ0v) is 18.2. The first-order valence-electron chi connectivity index (χ1n) is 11.4. The predicted molar refractivity (Wildman–Crippen MR) is 124 cm³/mol. The molecule has 0 bridgehead atoms. The minimum atomic E-state index is -0.425. The number of aryl methyl sites for hydroxylation is 1. The molecule has 32 heavy (non-hydrogen) atoms. The van der Waals surface area contributed by atoms with Gasteiger partial charge in [0.05, 0.1) is 6.54 Å². The van der Waals surface area contributed by atoms with Gasteiger partial charge < -0.3 is 10.2 Å². The van der Waals surface area contributed by atoms with Gasteiger partial charge in [0.1, 0.15) is 0 Å². The van der Waals surface area contributed by atoms with Crippen LogP contribution in [-0.4, -0.2) is 30.8 Å². The van der Waals surface area contributed by atoms with Crippen molar-refractivity contribution < 1.29 is 14.4 Å². The van der Waals surface area contributed by atoms with Crippen molar-refractivity contribution in [3.8, 4) is 0 Å². The van der Waals surface area contributed by atoms with Crippen molar-refractivity contribution in [1.29, 1.82) is 0 Å². The maximum absolute atomic E-state index is 12.5. The summed E-state index contributed by atoms with van der Waals surface area (Å²) in [5.74, 6) is -0.652. The van der Waals surface area contributed by atoms with Crippen LogP contribution in [0.2, 0.25) is 0 Å². The number of hydrogen-bond donors (Lipinski definition) is 3. The molecule has 0 atom stereocenters. The highest BCUT2D eigenvalue weighted by Gasteiger charge is 2.22. The third-order valence-electron chi connectivity index (χ3n) is 6.22. The number of rotatable bonds is 5. The van der Waals surface area contributed by atoms with E-state index in [1.807, 2.05) is 23.1 Å². The fraction of sp³-hybridized carbons (Fsp3) is 0.400. The van der Waals surface area contributed by atoms with E-state index >= 15 is 0 Å². The van der Waals surface area contributed by atoms with E-state index < -0.39 is 5.91 Å². The molecule has 1 aliphatic heterocycles. The molecule has 7 heteroatoms. The Bertz CT molecular complexity index is 985. The standard InChI is InChI=1S/C25H30N4O3/c30-23(17-29-15-7-12-18-8-4-5-14-22(18)29)27-28-25(32)20-11-6-13-21(16-20)26-24(31)19-9-2-1-3-10-19/h4-6,8,11,13-14,16,19H,1-3,7,9-10,12,15,17H2,(H,26,31)(H,27,30)(H,28,32). The lowest BCUT2D eigenvalue weighted by Gasteiger charge is -2.30. The second-order valence-corrected chi connectivity index (χ2v) is 8.56. The Morgan fingerprint density at radius 2 is 1.72 bits per heavy atom. The lowest BCUT2D eigenvalue weighted by Crippen LogP contribution is -2.47. The Labute approximate surface area is 188 Å². The SMILES string of the molecule is O=C(CN1CCCc2ccccc21)NNC(=O)c1cccc(NC(=O)C2CCCCC2)c1. The molecular weight excluding hydrogens is 404 g/mol. The Kier molecular flexibility index (Phi) is 7.04. The highest BCUT2D eigenvalue weighted by atomic mass is 16.2.